The number of hydrogen-bond donors (Lipinski definition) is 3. The predicted octanol–water partition coefficient (Wildman–Crippen LogP) is 2.61. The van der Waals surface area contributed by atoms with Crippen molar-refractivity contribution in [2.75, 3.05) is 0 Å². The summed E-state index contributed by atoms with van der Waals surface area (Å²) in [5.41, 5.74) is 0.211. The molecule has 2 rings (SSSR count). The first-order valence-corrected chi connectivity index (χ1v) is 7.88. The number of carbonyl (C=O) groups is 2. The number of aliphatic carboxylic acids is 1. The van der Waals surface area contributed by atoms with E-state index in [1.165, 1.54) is 6.42 Å². The number of hydrogen-bond acceptors (Lipinski definition) is 2. The van der Waals surface area contributed by atoms with Crippen LogP contribution in [0.1, 0.15) is 53.9 Å². The molecule has 0 aliphatic heterocycles. The number of carboxylic acids is 1. The molecule has 2 bridgehead atoms. The van der Waals surface area contributed by atoms with Crippen molar-refractivity contribution in [3.8, 4) is 0 Å². The first-order chi connectivity index (χ1) is 9.58. The van der Waals surface area contributed by atoms with Crippen molar-refractivity contribution >= 4 is 12.0 Å². The molecule has 0 heterocycles. The van der Waals surface area contributed by atoms with Crippen LogP contribution in [0.25, 0.3) is 0 Å². The summed E-state index contributed by atoms with van der Waals surface area (Å²) in [5.74, 6) is -0.483. The van der Waals surface area contributed by atoms with Gasteiger partial charge in [0.15, 0.2) is 0 Å². The topological polar surface area (TPSA) is 78.4 Å². The highest BCUT2D eigenvalue weighted by Gasteiger charge is 2.59. The lowest BCUT2D eigenvalue weighted by Crippen LogP contribution is -2.57. The lowest BCUT2D eigenvalue weighted by atomic mass is 9.68. The first-order valence-electron chi connectivity index (χ1n) is 7.88. The maximum atomic E-state index is 12.2. The van der Waals surface area contributed by atoms with Crippen LogP contribution in [0.5, 0.6) is 0 Å². The maximum absolute atomic E-state index is 12.2. The van der Waals surface area contributed by atoms with Gasteiger partial charge in [0.1, 0.15) is 6.04 Å². The minimum Gasteiger partial charge on any atom is -0.480 e. The van der Waals surface area contributed by atoms with Crippen molar-refractivity contribution in [3.63, 3.8) is 0 Å². The van der Waals surface area contributed by atoms with Crippen molar-refractivity contribution in [2.24, 2.45) is 22.7 Å². The summed E-state index contributed by atoms with van der Waals surface area (Å²) in [7, 11) is 0. The molecule has 4 atom stereocenters. The maximum Gasteiger partial charge on any atom is 0.326 e. The van der Waals surface area contributed by atoms with Crippen molar-refractivity contribution in [1.82, 2.24) is 10.6 Å². The summed E-state index contributed by atoms with van der Waals surface area (Å²) in [5, 5.41) is 14.8. The van der Waals surface area contributed by atoms with Gasteiger partial charge in [-0.15, -0.1) is 0 Å². The monoisotopic (exact) mass is 296 g/mol. The number of carbonyl (C=O) groups excluding carboxylic acids is 1. The summed E-state index contributed by atoms with van der Waals surface area (Å²) in [4.78, 5) is 23.4. The number of carboxylic acid groups (broad SMARTS) is 1. The van der Waals surface area contributed by atoms with Gasteiger partial charge in [-0.2, -0.15) is 0 Å². The summed E-state index contributed by atoms with van der Waals surface area (Å²) in [6.45, 7) is 10.3. The smallest absolute Gasteiger partial charge is 0.326 e. The Morgan fingerprint density at radius 1 is 1.24 bits per heavy atom. The number of rotatable bonds is 4. The third kappa shape index (κ3) is 2.74. The highest BCUT2D eigenvalue weighted by molar-refractivity contribution is 5.83. The molecular weight excluding hydrogens is 268 g/mol. The largest absolute Gasteiger partial charge is 0.480 e. The normalized spacial score (nSPS) is 34.8. The second-order valence-electron chi connectivity index (χ2n) is 8.03. The second-order valence-corrected chi connectivity index (χ2v) is 8.03. The van der Waals surface area contributed by atoms with Gasteiger partial charge in [-0.05, 0) is 41.9 Å². The van der Waals surface area contributed by atoms with E-state index in [0.29, 0.717) is 5.92 Å². The molecule has 0 aromatic rings. The summed E-state index contributed by atoms with van der Waals surface area (Å²) in [6, 6.07) is -1.10. The van der Waals surface area contributed by atoms with E-state index in [2.05, 4.69) is 31.4 Å². The molecule has 5 nitrogen and oxygen atoms in total. The molecule has 0 aromatic heterocycles. The van der Waals surface area contributed by atoms with Gasteiger partial charge >= 0.3 is 12.0 Å². The molecule has 2 saturated carbocycles. The average molecular weight is 296 g/mol. The summed E-state index contributed by atoms with van der Waals surface area (Å²) in [6.07, 6.45) is 3.52. The lowest BCUT2D eigenvalue weighted by molar-refractivity contribution is -0.140. The molecule has 21 heavy (non-hydrogen) atoms. The summed E-state index contributed by atoms with van der Waals surface area (Å²) >= 11 is 0. The molecule has 2 fully saturated rings. The van der Waals surface area contributed by atoms with Crippen molar-refractivity contribution in [1.29, 1.82) is 0 Å². The van der Waals surface area contributed by atoms with Gasteiger partial charge in [-0.3, -0.25) is 0 Å². The molecular formula is C16H28N2O3. The van der Waals surface area contributed by atoms with Gasteiger partial charge in [-0.1, -0.05) is 34.6 Å². The van der Waals surface area contributed by atoms with E-state index < -0.39 is 12.0 Å². The molecule has 2 amide bonds. The van der Waals surface area contributed by atoms with E-state index in [1.54, 1.807) is 13.8 Å². The zero-order chi connectivity index (χ0) is 16.0. The standard InChI is InChI=1S/C16H28N2O3/c1-9(2)11(12(19)20)17-14(21)18-13-15(3,4)10-6-7-16(13,5)8-10/h9-11,13H,6-8H2,1-5H3,(H,19,20)(H2,17,18,21). The van der Waals surface area contributed by atoms with E-state index in [1.807, 2.05) is 0 Å². The molecule has 0 radical (unpaired) electrons. The average Bonchev–Trinajstić information content (AvgIpc) is 2.82. The fourth-order valence-corrected chi connectivity index (χ4v) is 4.49. The van der Waals surface area contributed by atoms with E-state index in [-0.39, 0.29) is 28.8 Å². The van der Waals surface area contributed by atoms with E-state index in [9.17, 15) is 9.59 Å². The Kier molecular flexibility index (Phi) is 3.98. The van der Waals surface area contributed by atoms with Crippen molar-refractivity contribution in [2.45, 2.75) is 66.0 Å². The third-order valence-electron chi connectivity index (χ3n) is 5.76. The Morgan fingerprint density at radius 3 is 2.29 bits per heavy atom. The van der Waals surface area contributed by atoms with Gasteiger partial charge in [0, 0.05) is 6.04 Å². The quantitative estimate of drug-likeness (QED) is 0.746. The van der Waals surface area contributed by atoms with Gasteiger partial charge in [0.05, 0.1) is 0 Å². The number of amides is 2. The van der Waals surface area contributed by atoms with Crippen LogP contribution in [-0.2, 0) is 4.79 Å². The Hall–Kier alpha value is -1.26. The molecule has 2 aliphatic rings. The third-order valence-corrected chi connectivity index (χ3v) is 5.76. The zero-order valence-corrected chi connectivity index (χ0v) is 13.7. The molecule has 0 spiro atoms. The van der Waals surface area contributed by atoms with Gasteiger partial charge in [0.25, 0.3) is 0 Å². The fourth-order valence-electron chi connectivity index (χ4n) is 4.49. The van der Waals surface area contributed by atoms with Crippen LogP contribution in [0.15, 0.2) is 0 Å². The molecule has 0 aromatic carbocycles. The second kappa shape index (κ2) is 5.18. The Balaban J connectivity index is 2.04. The number of fused-ring (bicyclic) bond motifs is 2. The highest BCUT2D eigenvalue weighted by atomic mass is 16.4. The Morgan fingerprint density at radius 2 is 1.86 bits per heavy atom. The van der Waals surface area contributed by atoms with E-state index in [0.717, 1.165) is 12.8 Å². The highest BCUT2D eigenvalue weighted by Crippen LogP contribution is 2.62. The molecule has 5 heteroatoms. The zero-order valence-electron chi connectivity index (χ0n) is 13.7. The van der Waals surface area contributed by atoms with Crippen LogP contribution >= 0.6 is 0 Å². The first kappa shape index (κ1) is 16.1. The van der Waals surface area contributed by atoms with Crippen molar-refractivity contribution < 1.29 is 14.7 Å². The minimum absolute atomic E-state index is 0.0703. The molecule has 3 N–H and O–H groups in total. The Labute approximate surface area is 126 Å². The van der Waals surface area contributed by atoms with Crippen LogP contribution in [0.2, 0.25) is 0 Å². The van der Waals surface area contributed by atoms with Crippen LogP contribution in [0.4, 0.5) is 4.79 Å². The van der Waals surface area contributed by atoms with Gasteiger partial charge in [-0.25, -0.2) is 9.59 Å². The molecule has 120 valence electrons. The minimum atomic E-state index is -0.987. The van der Waals surface area contributed by atoms with Gasteiger partial charge in [0.2, 0.25) is 0 Å². The van der Waals surface area contributed by atoms with Crippen LogP contribution in [-0.4, -0.2) is 29.2 Å². The predicted molar refractivity (Wildman–Crippen MR) is 80.9 cm³/mol. The Bertz CT molecular complexity index is 442. The summed E-state index contributed by atoms with van der Waals surface area (Å²) < 4.78 is 0. The van der Waals surface area contributed by atoms with Crippen LogP contribution < -0.4 is 10.6 Å². The van der Waals surface area contributed by atoms with Crippen molar-refractivity contribution in [3.05, 3.63) is 0 Å². The number of nitrogens with one attached hydrogen (secondary N) is 2. The van der Waals surface area contributed by atoms with Crippen LogP contribution in [0, 0.1) is 22.7 Å². The van der Waals surface area contributed by atoms with E-state index in [4.69, 9.17) is 5.11 Å². The van der Waals surface area contributed by atoms with E-state index >= 15 is 0 Å². The molecule has 2 aliphatic carbocycles. The van der Waals surface area contributed by atoms with Crippen LogP contribution in [0.3, 0.4) is 0 Å². The molecule has 4 unspecified atom stereocenters. The van der Waals surface area contributed by atoms with Gasteiger partial charge < -0.3 is 15.7 Å². The fraction of sp³-hybridized carbons (Fsp3) is 0.875. The number of urea groups is 1. The lowest BCUT2D eigenvalue weighted by Gasteiger charge is -2.43. The molecule has 0 saturated heterocycles. The SMILES string of the molecule is CC(C)C(NC(=O)NC1C2(C)CCC(C2)C1(C)C)C(=O)O.